The van der Waals surface area contributed by atoms with E-state index < -0.39 is 5.97 Å². The Labute approximate surface area is 127 Å². The van der Waals surface area contributed by atoms with Gasteiger partial charge in [-0.05, 0) is 24.3 Å². The van der Waals surface area contributed by atoms with Crippen molar-refractivity contribution in [3.63, 3.8) is 0 Å². The standard InChI is InChI=1S/C15H17N3O4/c19-14(20)9-5-2-6-10-18-11-13(22-17-18)16-15(21)12-7-3-1-4-8-12/h1,3-4,7-8,11H,2,5-6,9-10H2,(H-,16,17,19,20,21). The first-order valence-corrected chi connectivity index (χ1v) is 7.04. The summed E-state index contributed by atoms with van der Waals surface area (Å²) in [5, 5.41) is 24.2. The number of aromatic nitrogens is 2. The van der Waals surface area contributed by atoms with Crippen molar-refractivity contribution in [3.8, 4) is 0 Å². The number of carboxylic acid groups (broad SMARTS) is 1. The van der Waals surface area contributed by atoms with Gasteiger partial charge in [0.2, 0.25) is 5.27 Å². The molecule has 0 unspecified atom stereocenters. The first-order chi connectivity index (χ1) is 10.6. The van der Waals surface area contributed by atoms with Crippen molar-refractivity contribution in [3.05, 3.63) is 42.1 Å². The highest BCUT2D eigenvalue weighted by atomic mass is 16.5. The van der Waals surface area contributed by atoms with E-state index in [2.05, 4.69) is 10.3 Å². The lowest BCUT2D eigenvalue weighted by atomic mass is 10.2. The number of carboxylic acids is 1. The Balaban J connectivity index is 1.85. The van der Waals surface area contributed by atoms with Crippen molar-refractivity contribution in [1.82, 2.24) is 5.27 Å². The van der Waals surface area contributed by atoms with Gasteiger partial charge in [-0.3, -0.25) is 9.32 Å². The molecule has 0 atom stereocenters. The van der Waals surface area contributed by atoms with Crippen molar-refractivity contribution < 1.29 is 24.2 Å². The Bertz CT molecular complexity index is 637. The molecule has 0 aliphatic rings. The van der Waals surface area contributed by atoms with Gasteiger partial charge in [-0.25, -0.2) is 4.99 Å². The largest absolute Gasteiger partial charge is 0.858 e. The lowest BCUT2D eigenvalue weighted by Crippen LogP contribution is -2.34. The third kappa shape index (κ3) is 5.01. The zero-order valence-corrected chi connectivity index (χ0v) is 12.0. The number of hydrogen-bond acceptors (Lipinski definition) is 5. The van der Waals surface area contributed by atoms with Gasteiger partial charge in [0.15, 0.2) is 6.54 Å². The Morgan fingerprint density at radius 3 is 2.77 bits per heavy atom. The molecular formula is C15H17N3O4. The van der Waals surface area contributed by atoms with Gasteiger partial charge in [-0.2, -0.15) is 0 Å². The summed E-state index contributed by atoms with van der Waals surface area (Å²) in [6.45, 7) is 0.595. The lowest BCUT2D eigenvalue weighted by molar-refractivity contribution is -0.762. The molecule has 0 aliphatic heterocycles. The monoisotopic (exact) mass is 303 g/mol. The fraction of sp³-hybridized carbons (Fsp3) is 0.333. The molecule has 116 valence electrons. The van der Waals surface area contributed by atoms with Crippen LogP contribution in [0.15, 0.2) is 46.0 Å². The van der Waals surface area contributed by atoms with Crippen molar-refractivity contribution in [2.45, 2.75) is 32.2 Å². The molecule has 2 rings (SSSR count). The van der Waals surface area contributed by atoms with Crippen molar-refractivity contribution in [1.29, 1.82) is 0 Å². The number of aliphatic carboxylic acids is 1. The minimum absolute atomic E-state index is 0.152. The molecule has 7 heteroatoms. The third-order valence-corrected chi connectivity index (χ3v) is 3.01. The molecule has 0 saturated carbocycles. The predicted molar refractivity (Wildman–Crippen MR) is 75.4 cm³/mol. The molecule has 1 aromatic heterocycles. The summed E-state index contributed by atoms with van der Waals surface area (Å²) in [6, 6.07) is 8.71. The van der Waals surface area contributed by atoms with Gasteiger partial charge in [0.1, 0.15) is 0 Å². The van der Waals surface area contributed by atoms with Crippen LogP contribution in [0.1, 0.15) is 31.2 Å². The topological polar surface area (TPSA) is 103 Å². The van der Waals surface area contributed by atoms with Crippen molar-refractivity contribution >= 4 is 17.8 Å². The quantitative estimate of drug-likeness (QED) is 0.340. The van der Waals surface area contributed by atoms with Crippen LogP contribution in [0, 0.1) is 0 Å². The molecule has 0 saturated heterocycles. The van der Waals surface area contributed by atoms with Crippen LogP contribution in [0.25, 0.3) is 0 Å². The summed E-state index contributed by atoms with van der Waals surface area (Å²) in [6.07, 6.45) is 3.95. The first-order valence-electron chi connectivity index (χ1n) is 7.04. The van der Waals surface area contributed by atoms with Crippen LogP contribution in [0.5, 0.6) is 0 Å². The number of aliphatic imine (C=N–C) groups is 1. The fourth-order valence-electron chi connectivity index (χ4n) is 1.90. The van der Waals surface area contributed by atoms with E-state index in [1.165, 1.54) is 0 Å². The van der Waals surface area contributed by atoms with Gasteiger partial charge in [-0.15, -0.1) is 0 Å². The molecule has 22 heavy (non-hydrogen) atoms. The average Bonchev–Trinajstić information content (AvgIpc) is 2.95. The molecule has 1 N–H and O–H groups in total. The number of aryl methyl sites for hydroxylation is 1. The molecular weight excluding hydrogens is 286 g/mol. The number of hydrogen-bond donors (Lipinski definition) is 1. The van der Waals surface area contributed by atoms with Crippen molar-refractivity contribution in [2.75, 3.05) is 0 Å². The maximum atomic E-state index is 11.9. The highest BCUT2D eigenvalue weighted by Gasteiger charge is 2.10. The summed E-state index contributed by atoms with van der Waals surface area (Å²) < 4.78 is 6.54. The van der Waals surface area contributed by atoms with E-state index in [1.54, 1.807) is 35.1 Å². The smallest absolute Gasteiger partial charge is 0.320 e. The number of unbranched alkanes of at least 4 members (excludes halogenated alkanes) is 2. The summed E-state index contributed by atoms with van der Waals surface area (Å²) >= 11 is 0. The second-order valence-corrected chi connectivity index (χ2v) is 4.79. The molecule has 0 bridgehead atoms. The van der Waals surface area contributed by atoms with Gasteiger partial charge in [-0.1, -0.05) is 35.0 Å². The molecule has 0 spiro atoms. The molecule has 0 amide bonds. The second-order valence-electron chi connectivity index (χ2n) is 4.79. The zero-order valence-electron chi connectivity index (χ0n) is 12.0. The lowest BCUT2D eigenvalue weighted by Gasteiger charge is -2.07. The summed E-state index contributed by atoms with van der Waals surface area (Å²) in [7, 11) is 0. The van der Waals surface area contributed by atoms with E-state index in [1.807, 2.05) is 6.07 Å². The minimum atomic E-state index is -0.783. The van der Waals surface area contributed by atoms with Crippen LogP contribution < -0.4 is 9.79 Å². The van der Waals surface area contributed by atoms with Crippen LogP contribution in [0.2, 0.25) is 0 Å². The van der Waals surface area contributed by atoms with Gasteiger partial charge in [0.05, 0.1) is 0 Å². The minimum Gasteiger partial charge on any atom is -0.858 e. The van der Waals surface area contributed by atoms with Crippen molar-refractivity contribution in [2.24, 2.45) is 4.99 Å². The summed E-state index contributed by atoms with van der Waals surface area (Å²) in [5.74, 6) is -1.01. The summed E-state index contributed by atoms with van der Waals surface area (Å²) in [5.41, 5.74) is 0.485. The summed E-state index contributed by atoms with van der Waals surface area (Å²) in [4.78, 5) is 14.2. The highest BCUT2D eigenvalue weighted by Crippen LogP contribution is 2.09. The van der Waals surface area contributed by atoms with E-state index in [0.717, 1.165) is 12.8 Å². The van der Waals surface area contributed by atoms with Gasteiger partial charge < -0.3 is 10.2 Å². The predicted octanol–water partition coefficient (Wildman–Crippen LogP) is 1.05. The van der Waals surface area contributed by atoms with E-state index in [0.29, 0.717) is 18.5 Å². The molecule has 2 aromatic rings. The van der Waals surface area contributed by atoms with Crippen LogP contribution in [-0.2, 0) is 11.3 Å². The van der Waals surface area contributed by atoms with Gasteiger partial charge in [0, 0.05) is 12.8 Å². The van der Waals surface area contributed by atoms with E-state index in [-0.39, 0.29) is 18.2 Å². The molecule has 0 radical (unpaired) electrons. The maximum Gasteiger partial charge on any atom is 0.320 e. The van der Waals surface area contributed by atoms with Crippen LogP contribution in [0.3, 0.4) is 0 Å². The zero-order chi connectivity index (χ0) is 15.8. The van der Waals surface area contributed by atoms with Gasteiger partial charge in [0.25, 0.3) is 6.20 Å². The Kier molecular flexibility index (Phi) is 5.65. The van der Waals surface area contributed by atoms with E-state index in [4.69, 9.17) is 9.63 Å². The number of rotatable bonds is 8. The van der Waals surface area contributed by atoms with Crippen LogP contribution >= 0.6 is 0 Å². The number of carbonyl (C=O) groups is 1. The van der Waals surface area contributed by atoms with Crippen LogP contribution in [-0.4, -0.2) is 22.2 Å². The SMILES string of the molecule is O=C(O)CCCCC[n+]1cc(/N=C(\[O-])c2ccccc2)on1. The Morgan fingerprint density at radius 1 is 1.27 bits per heavy atom. The number of nitrogens with zero attached hydrogens (tertiary/aromatic N) is 3. The first kappa shape index (κ1) is 15.7. The number of benzene rings is 1. The van der Waals surface area contributed by atoms with Gasteiger partial charge >= 0.3 is 11.9 Å². The normalized spacial score (nSPS) is 11.5. The molecule has 7 nitrogen and oxygen atoms in total. The molecule has 0 fully saturated rings. The Morgan fingerprint density at radius 2 is 2.05 bits per heavy atom. The highest BCUT2D eigenvalue weighted by molar-refractivity contribution is 5.91. The van der Waals surface area contributed by atoms with Crippen LogP contribution in [0.4, 0.5) is 5.88 Å². The molecule has 1 heterocycles. The van der Waals surface area contributed by atoms with E-state index in [9.17, 15) is 9.90 Å². The van der Waals surface area contributed by atoms with E-state index >= 15 is 0 Å². The molecule has 1 aromatic carbocycles. The average molecular weight is 303 g/mol. The fourth-order valence-corrected chi connectivity index (χ4v) is 1.90. The molecule has 0 aliphatic carbocycles. The Hall–Kier alpha value is -2.70. The second kappa shape index (κ2) is 7.92. The maximum absolute atomic E-state index is 11.9. The third-order valence-electron chi connectivity index (χ3n) is 3.01.